The van der Waals surface area contributed by atoms with E-state index in [0.717, 1.165) is 11.1 Å². The third-order valence-corrected chi connectivity index (χ3v) is 3.20. The van der Waals surface area contributed by atoms with Gasteiger partial charge in [-0.25, -0.2) is 0 Å². The Morgan fingerprint density at radius 3 is 2.79 bits per heavy atom. The third-order valence-electron chi connectivity index (χ3n) is 3.20. The first kappa shape index (κ1) is 13.7. The Kier molecular flexibility index (Phi) is 3.66. The first-order valence-electron chi connectivity index (χ1n) is 6.08. The second-order valence-electron chi connectivity index (χ2n) is 5.22. The first-order chi connectivity index (χ1) is 8.95. The van der Waals surface area contributed by atoms with Gasteiger partial charge in [-0.05, 0) is 11.6 Å². The van der Waals surface area contributed by atoms with Gasteiger partial charge in [0, 0.05) is 18.1 Å². The molecule has 5 nitrogen and oxygen atoms in total. The van der Waals surface area contributed by atoms with Crippen LogP contribution in [0.15, 0.2) is 12.1 Å². The van der Waals surface area contributed by atoms with Gasteiger partial charge in [0.25, 0.3) is 0 Å². The fraction of sp³-hybridized carbons (Fsp3) is 0.500. The molecule has 19 heavy (non-hydrogen) atoms. The fourth-order valence-corrected chi connectivity index (χ4v) is 2.50. The molecule has 0 unspecified atom stereocenters. The van der Waals surface area contributed by atoms with Crippen molar-refractivity contribution >= 4 is 5.97 Å². The minimum Gasteiger partial charge on any atom is -0.481 e. The van der Waals surface area contributed by atoms with Crippen molar-refractivity contribution in [1.82, 2.24) is 0 Å². The lowest BCUT2D eigenvalue weighted by Crippen LogP contribution is -2.24. The molecule has 1 aromatic carbocycles. The molecule has 0 radical (unpaired) electrons. The number of methoxy groups -OCH3 is 1. The van der Waals surface area contributed by atoms with Crippen molar-refractivity contribution in [3.8, 4) is 11.5 Å². The molecule has 0 bridgehead atoms. The van der Waals surface area contributed by atoms with Crippen LogP contribution >= 0.6 is 0 Å². The van der Waals surface area contributed by atoms with Gasteiger partial charge in [-0.2, -0.15) is 0 Å². The highest BCUT2D eigenvalue weighted by Gasteiger charge is 2.33. The minimum absolute atomic E-state index is 0.0174. The highest BCUT2D eigenvalue weighted by Crippen LogP contribution is 2.45. The Bertz CT molecular complexity index is 493. The van der Waals surface area contributed by atoms with Crippen LogP contribution in [0.1, 0.15) is 31.4 Å². The zero-order chi connectivity index (χ0) is 14.0. The van der Waals surface area contributed by atoms with Crippen LogP contribution in [0.3, 0.4) is 0 Å². The van der Waals surface area contributed by atoms with E-state index in [9.17, 15) is 4.79 Å². The van der Waals surface area contributed by atoms with Crippen molar-refractivity contribution in [2.75, 3.05) is 13.9 Å². The molecule has 2 rings (SSSR count). The van der Waals surface area contributed by atoms with Crippen molar-refractivity contribution in [2.24, 2.45) is 0 Å². The largest absolute Gasteiger partial charge is 0.481 e. The van der Waals surface area contributed by atoms with Crippen molar-refractivity contribution in [3.63, 3.8) is 0 Å². The Morgan fingerprint density at radius 2 is 2.16 bits per heavy atom. The molecule has 0 saturated carbocycles. The Morgan fingerprint density at radius 1 is 1.42 bits per heavy atom. The average Bonchev–Trinajstić information content (AvgIpc) is 2.74. The molecule has 104 valence electrons. The molecule has 0 aromatic heterocycles. The van der Waals surface area contributed by atoms with Crippen molar-refractivity contribution in [1.29, 1.82) is 0 Å². The van der Waals surface area contributed by atoms with Gasteiger partial charge in [0.1, 0.15) is 0 Å². The number of rotatable bonds is 5. The molecule has 0 amide bonds. The maximum absolute atomic E-state index is 11.1. The number of carboxylic acids is 1. The number of aliphatic carboxylic acids is 1. The van der Waals surface area contributed by atoms with Crippen LogP contribution in [0, 0.1) is 0 Å². The summed E-state index contributed by atoms with van der Waals surface area (Å²) in [5, 5.41) is 9.08. The van der Waals surface area contributed by atoms with Crippen LogP contribution in [-0.2, 0) is 21.6 Å². The van der Waals surface area contributed by atoms with Gasteiger partial charge in [0.15, 0.2) is 11.5 Å². The average molecular weight is 266 g/mol. The predicted octanol–water partition coefficient (Wildman–Crippen LogP) is 2.31. The molecule has 0 atom stereocenters. The van der Waals surface area contributed by atoms with Crippen LogP contribution in [0.4, 0.5) is 0 Å². The molecule has 1 N–H and O–H groups in total. The quantitative estimate of drug-likeness (QED) is 0.886. The van der Waals surface area contributed by atoms with Gasteiger partial charge in [0.2, 0.25) is 6.79 Å². The second kappa shape index (κ2) is 5.09. The second-order valence-corrected chi connectivity index (χ2v) is 5.22. The highest BCUT2D eigenvalue weighted by molar-refractivity contribution is 5.70. The third kappa shape index (κ3) is 2.66. The molecule has 0 fully saturated rings. The van der Waals surface area contributed by atoms with E-state index in [1.807, 2.05) is 26.0 Å². The summed E-state index contributed by atoms with van der Waals surface area (Å²) in [6.45, 7) is 4.35. The Labute approximate surface area is 112 Å². The number of carboxylic acid groups (broad SMARTS) is 1. The molecule has 0 saturated heterocycles. The lowest BCUT2D eigenvalue weighted by molar-refractivity contribution is -0.138. The molecule has 0 spiro atoms. The summed E-state index contributed by atoms with van der Waals surface area (Å²) < 4.78 is 16.1. The first-order valence-corrected chi connectivity index (χ1v) is 6.08. The standard InChI is InChI=1S/C14H18O5/c1-14(2,6-11(15)16)12-9(7-17-3)4-5-10-13(12)19-8-18-10/h4-5H,6-8H2,1-3H3,(H,15,16). The fourth-order valence-electron chi connectivity index (χ4n) is 2.50. The lowest BCUT2D eigenvalue weighted by Gasteiger charge is -2.27. The number of carbonyl (C=O) groups is 1. The minimum atomic E-state index is -0.843. The van der Waals surface area contributed by atoms with Crippen molar-refractivity contribution in [2.45, 2.75) is 32.3 Å². The molecule has 0 aliphatic carbocycles. The highest BCUT2D eigenvalue weighted by atomic mass is 16.7. The Hall–Kier alpha value is -1.75. The lowest BCUT2D eigenvalue weighted by atomic mass is 9.78. The summed E-state index contributed by atoms with van der Waals surface area (Å²) in [5.74, 6) is 0.457. The number of benzene rings is 1. The van der Waals surface area contributed by atoms with Crippen LogP contribution in [0.25, 0.3) is 0 Å². The van der Waals surface area contributed by atoms with Gasteiger partial charge in [-0.15, -0.1) is 0 Å². The Balaban J connectivity index is 2.52. The van der Waals surface area contributed by atoms with E-state index in [2.05, 4.69) is 0 Å². The monoisotopic (exact) mass is 266 g/mol. The molecule has 1 heterocycles. The zero-order valence-electron chi connectivity index (χ0n) is 11.4. The zero-order valence-corrected chi connectivity index (χ0v) is 11.4. The molecule has 1 aliphatic heterocycles. The number of ether oxygens (including phenoxy) is 3. The molecular weight excluding hydrogens is 248 g/mol. The SMILES string of the molecule is COCc1ccc2c(c1C(C)(C)CC(=O)O)OCO2. The van der Waals surface area contributed by atoms with Crippen LogP contribution < -0.4 is 9.47 Å². The van der Waals surface area contributed by atoms with E-state index in [1.54, 1.807) is 7.11 Å². The topological polar surface area (TPSA) is 65.0 Å². The van der Waals surface area contributed by atoms with Crippen molar-refractivity contribution in [3.05, 3.63) is 23.3 Å². The number of fused-ring (bicyclic) bond motifs is 1. The summed E-state index contributed by atoms with van der Waals surface area (Å²) >= 11 is 0. The van der Waals surface area contributed by atoms with Gasteiger partial charge < -0.3 is 19.3 Å². The summed E-state index contributed by atoms with van der Waals surface area (Å²) in [7, 11) is 1.61. The van der Waals surface area contributed by atoms with E-state index in [0.29, 0.717) is 18.1 Å². The van der Waals surface area contributed by atoms with Crippen LogP contribution in [0.2, 0.25) is 0 Å². The van der Waals surface area contributed by atoms with E-state index in [4.69, 9.17) is 19.3 Å². The summed E-state index contributed by atoms with van der Waals surface area (Å²) in [4.78, 5) is 11.1. The van der Waals surface area contributed by atoms with Crippen LogP contribution in [-0.4, -0.2) is 25.0 Å². The van der Waals surface area contributed by atoms with Crippen molar-refractivity contribution < 1.29 is 24.1 Å². The van der Waals surface area contributed by atoms with Gasteiger partial charge >= 0.3 is 5.97 Å². The molecule has 1 aliphatic rings. The van der Waals surface area contributed by atoms with Crippen LogP contribution in [0.5, 0.6) is 11.5 Å². The summed E-state index contributed by atoms with van der Waals surface area (Å²) in [6.07, 6.45) is 0.0174. The van der Waals surface area contributed by atoms with Gasteiger partial charge in [-0.1, -0.05) is 19.9 Å². The van der Waals surface area contributed by atoms with E-state index in [1.165, 1.54) is 0 Å². The summed E-state index contributed by atoms with van der Waals surface area (Å²) in [6, 6.07) is 3.73. The maximum Gasteiger partial charge on any atom is 0.304 e. The smallest absolute Gasteiger partial charge is 0.304 e. The number of hydrogen-bond donors (Lipinski definition) is 1. The van der Waals surface area contributed by atoms with E-state index < -0.39 is 11.4 Å². The number of hydrogen-bond acceptors (Lipinski definition) is 4. The maximum atomic E-state index is 11.1. The van der Waals surface area contributed by atoms with E-state index >= 15 is 0 Å². The van der Waals surface area contributed by atoms with Gasteiger partial charge in [-0.3, -0.25) is 4.79 Å². The van der Waals surface area contributed by atoms with E-state index in [-0.39, 0.29) is 13.2 Å². The summed E-state index contributed by atoms with van der Waals surface area (Å²) in [5.41, 5.74) is 1.23. The molecular formula is C14H18O5. The molecule has 5 heteroatoms. The van der Waals surface area contributed by atoms with Gasteiger partial charge in [0.05, 0.1) is 13.0 Å². The normalized spacial score (nSPS) is 13.6. The molecule has 1 aromatic rings. The predicted molar refractivity (Wildman–Crippen MR) is 68.6 cm³/mol.